The van der Waals surface area contributed by atoms with Crippen molar-refractivity contribution >= 4 is 33.2 Å². The quantitative estimate of drug-likeness (QED) is 0.692. The molecule has 0 unspecified atom stereocenters. The Labute approximate surface area is 160 Å². The van der Waals surface area contributed by atoms with Gasteiger partial charge in [-0.25, -0.2) is 17.4 Å². The van der Waals surface area contributed by atoms with E-state index in [1.54, 1.807) is 24.3 Å². The van der Waals surface area contributed by atoms with Crippen molar-refractivity contribution in [1.82, 2.24) is 24.5 Å². The lowest BCUT2D eigenvalue weighted by Crippen LogP contribution is -2.23. The molecule has 9 nitrogen and oxygen atoms in total. The van der Waals surface area contributed by atoms with E-state index in [-0.39, 0.29) is 15.5 Å². The SMILES string of the molecule is CN(C)S(=O)(=O)c1ccc(Cl)c(C(=O)Nc2ccc(-n3cnnn3)cc2)c1. The van der Waals surface area contributed by atoms with Gasteiger partial charge in [-0.15, -0.1) is 5.10 Å². The van der Waals surface area contributed by atoms with Crippen LogP contribution in [0.4, 0.5) is 5.69 Å². The lowest BCUT2D eigenvalue weighted by molar-refractivity contribution is 0.102. The number of carbonyl (C=O) groups is 1. The third-order valence-electron chi connectivity index (χ3n) is 3.70. The van der Waals surface area contributed by atoms with Crippen molar-refractivity contribution in [1.29, 1.82) is 0 Å². The molecule has 0 aliphatic rings. The Bertz CT molecular complexity index is 1070. The fraction of sp³-hybridized carbons (Fsp3) is 0.125. The number of tetrazole rings is 1. The highest BCUT2D eigenvalue weighted by molar-refractivity contribution is 7.89. The van der Waals surface area contributed by atoms with Gasteiger partial charge in [0.15, 0.2) is 0 Å². The van der Waals surface area contributed by atoms with Gasteiger partial charge in [-0.3, -0.25) is 4.79 Å². The molecule has 1 N–H and O–H groups in total. The van der Waals surface area contributed by atoms with Crippen LogP contribution >= 0.6 is 11.6 Å². The number of halogens is 1. The van der Waals surface area contributed by atoms with Gasteiger partial charge >= 0.3 is 0 Å². The van der Waals surface area contributed by atoms with Crippen molar-refractivity contribution in [2.24, 2.45) is 0 Å². The largest absolute Gasteiger partial charge is 0.322 e. The molecule has 27 heavy (non-hydrogen) atoms. The van der Waals surface area contributed by atoms with Crippen LogP contribution in [0, 0.1) is 0 Å². The van der Waals surface area contributed by atoms with Gasteiger partial charge in [0.05, 0.1) is 21.2 Å². The third kappa shape index (κ3) is 3.97. The molecule has 140 valence electrons. The van der Waals surface area contributed by atoms with Crippen molar-refractivity contribution in [3.05, 3.63) is 59.4 Å². The molecule has 0 spiro atoms. The molecule has 0 fully saturated rings. The maximum absolute atomic E-state index is 12.6. The first-order valence-electron chi connectivity index (χ1n) is 7.66. The molecular weight excluding hydrogens is 392 g/mol. The summed E-state index contributed by atoms with van der Waals surface area (Å²) in [6, 6.07) is 10.8. The predicted octanol–water partition coefficient (Wildman–Crippen LogP) is 1.82. The second kappa shape index (κ2) is 7.43. The first-order valence-corrected chi connectivity index (χ1v) is 9.47. The number of anilines is 1. The minimum absolute atomic E-state index is 0.0175. The zero-order valence-corrected chi connectivity index (χ0v) is 15.9. The molecule has 0 bridgehead atoms. The zero-order chi connectivity index (χ0) is 19.6. The summed E-state index contributed by atoms with van der Waals surface area (Å²) in [6.07, 6.45) is 1.45. The molecule has 0 saturated heterocycles. The van der Waals surface area contributed by atoms with Gasteiger partial charge in [-0.05, 0) is 52.9 Å². The summed E-state index contributed by atoms with van der Waals surface area (Å²) >= 11 is 6.08. The van der Waals surface area contributed by atoms with Crippen LogP contribution in [0.3, 0.4) is 0 Å². The Morgan fingerprint density at radius 1 is 1.15 bits per heavy atom. The van der Waals surface area contributed by atoms with Gasteiger partial charge in [0, 0.05) is 19.8 Å². The summed E-state index contributed by atoms with van der Waals surface area (Å²) in [5, 5.41) is 13.7. The molecule has 0 atom stereocenters. The van der Waals surface area contributed by atoms with E-state index < -0.39 is 15.9 Å². The smallest absolute Gasteiger partial charge is 0.257 e. The van der Waals surface area contributed by atoms with E-state index in [1.165, 1.54) is 43.3 Å². The van der Waals surface area contributed by atoms with Crippen molar-refractivity contribution < 1.29 is 13.2 Å². The number of carbonyl (C=O) groups excluding carboxylic acids is 1. The Morgan fingerprint density at radius 3 is 2.44 bits per heavy atom. The number of hydrogen-bond donors (Lipinski definition) is 1. The summed E-state index contributed by atoms with van der Waals surface area (Å²) < 4.78 is 27.1. The van der Waals surface area contributed by atoms with Gasteiger partial charge in [0.25, 0.3) is 5.91 Å². The molecule has 1 amide bonds. The molecule has 3 aromatic rings. The Balaban J connectivity index is 1.84. The molecule has 11 heteroatoms. The van der Waals surface area contributed by atoms with E-state index in [0.29, 0.717) is 5.69 Å². The Morgan fingerprint density at radius 2 is 1.85 bits per heavy atom. The van der Waals surface area contributed by atoms with Gasteiger partial charge in [0.2, 0.25) is 10.0 Å². The topological polar surface area (TPSA) is 110 Å². The second-order valence-electron chi connectivity index (χ2n) is 5.68. The molecular formula is C16H15ClN6O3S. The summed E-state index contributed by atoms with van der Waals surface area (Å²) in [7, 11) is -0.855. The summed E-state index contributed by atoms with van der Waals surface area (Å²) in [5.41, 5.74) is 1.29. The first-order chi connectivity index (χ1) is 12.8. The first kappa shape index (κ1) is 19.0. The number of rotatable bonds is 5. The van der Waals surface area contributed by atoms with Crippen LogP contribution in [0.15, 0.2) is 53.7 Å². The van der Waals surface area contributed by atoms with Gasteiger partial charge in [-0.1, -0.05) is 11.6 Å². The second-order valence-corrected chi connectivity index (χ2v) is 8.24. The van der Waals surface area contributed by atoms with E-state index >= 15 is 0 Å². The lowest BCUT2D eigenvalue weighted by Gasteiger charge is -2.13. The van der Waals surface area contributed by atoms with Gasteiger partial charge in [-0.2, -0.15) is 0 Å². The number of amides is 1. The minimum Gasteiger partial charge on any atom is -0.322 e. The van der Waals surface area contributed by atoms with E-state index in [4.69, 9.17) is 11.6 Å². The average Bonchev–Trinajstić information content (AvgIpc) is 3.17. The number of sulfonamides is 1. The maximum Gasteiger partial charge on any atom is 0.257 e. The van der Waals surface area contributed by atoms with Crippen LogP contribution in [-0.4, -0.2) is 52.9 Å². The van der Waals surface area contributed by atoms with E-state index in [9.17, 15) is 13.2 Å². The molecule has 0 aliphatic carbocycles. The van der Waals surface area contributed by atoms with Crippen LogP contribution in [0.25, 0.3) is 5.69 Å². The van der Waals surface area contributed by atoms with Crippen molar-refractivity contribution in [2.45, 2.75) is 4.90 Å². The number of nitrogens with one attached hydrogen (secondary N) is 1. The number of benzene rings is 2. The van der Waals surface area contributed by atoms with E-state index in [1.807, 2.05) is 0 Å². The van der Waals surface area contributed by atoms with Crippen LogP contribution in [0.5, 0.6) is 0 Å². The molecule has 1 aromatic heterocycles. The maximum atomic E-state index is 12.6. The Kier molecular flexibility index (Phi) is 5.22. The Hall–Kier alpha value is -2.82. The van der Waals surface area contributed by atoms with Crippen molar-refractivity contribution in [3.63, 3.8) is 0 Å². The molecule has 1 heterocycles. The number of hydrogen-bond acceptors (Lipinski definition) is 6. The van der Waals surface area contributed by atoms with Crippen LogP contribution < -0.4 is 5.32 Å². The van der Waals surface area contributed by atoms with Crippen molar-refractivity contribution in [2.75, 3.05) is 19.4 Å². The van der Waals surface area contributed by atoms with Crippen molar-refractivity contribution in [3.8, 4) is 5.69 Å². The highest BCUT2D eigenvalue weighted by atomic mass is 35.5. The zero-order valence-electron chi connectivity index (χ0n) is 14.4. The summed E-state index contributed by atoms with van der Waals surface area (Å²) in [6.45, 7) is 0. The molecule has 3 rings (SSSR count). The average molecular weight is 407 g/mol. The van der Waals surface area contributed by atoms with E-state index in [0.717, 1.165) is 9.99 Å². The molecule has 0 aliphatic heterocycles. The summed E-state index contributed by atoms with van der Waals surface area (Å²) in [5.74, 6) is -0.522. The standard InChI is InChI=1S/C16H15ClN6O3S/c1-22(2)27(25,26)13-7-8-15(17)14(9-13)16(24)19-11-3-5-12(6-4-11)23-10-18-20-21-23/h3-10H,1-2H3,(H,19,24). The highest BCUT2D eigenvalue weighted by Gasteiger charge is 2.20. The molecule has 0 saturated carbocycles. The molecule has 0 radical (unpaired) electrons. The van der Waals surface area contributed by atoms with Crippen LogP contribution in [-0.2, 0) is 10.0 Å². The third-order valence-corrected chi connectivity index (χ3v) is 5.84. The lowest BCUT2D eigenvalue weighted by atomic mass is 10.2. The fourth-order valence-corrected chi connectivity index (χ4v) is 3.36. The number of aromatic nitrogens is 4. The monoisotopic (exact) mass is 406 g/mol. The summed E-state index contributed by atoms with van der Waals surface area (Å²) in [4.78, 5) is 12.5. The minimum atomic E-state index is -3.68. The van der Waals surface area contributed by atoms with Gasteiger partial charge in [0.1, 0.15) is 6.33 Å². The highest BCUT2D eigenvalue weighted by Crippen LogP contribution is 2.23. The normalized spacial score (nSPS) is 11.6. The van der Waals surface area contributed by atoms with E-state index in [2.05, 4.69) is 20.8 Å². The van der Waals surface area contributed by atoms with Crippen LogP contribution in [0.2, 0.25) is 5.02 Å². The molecule has 2 aromatic carbocycles. The predicted molar refractivity (Wildman–Crippen MR) is 99.4 cm³/mol. The van der Waals surface area contributed by atoms with Crippen LogP contribution in [0.1, 0.15) is 10.4 Å². The fourth-order valence-electron chi connectivity index (χ4n) is 2.23. The number of nitrogens with zero attached hydrogens (tertiary/aromatic N) is 5. The van der Waals surface area contributed by atoms with Gasteiger partial charge < -0.3 is 5.32 Å².